The zero-order valence-corrected chi connectivity index (χ0v) is 18.0. The highest BCUT2D eigenvalue weighted by atomic mass is 35.5. The maximum absolute atomic E-state index is 12.4. The van der Waals surface area contributed by atoms with E-state index in [-0.39, 0.29) is 19.1 Å². The highest BCUT2D eigenvalue weighted by Crippen LogP contribution is 2.34. The van der Waals surface area contributed by atoms with Gasteiger partial charge in [-0.25, -0.2) is 0 Å². The first-order chi connectivity index (χ1) is 15.1. The van der Waals surface area contributed by atoms with Gasteiger partial charge in [0.25, 0.3) is 5.91 Å². The number of carbonyl (C=O) groups is 1. The molecular formula is C25H26ClNO4. The van der Waals surface area contributed by atoms with Crippen LogP contribution in [0.1, 0.15) is 49.3 Å². The quantitative estimate of drug-likeness (QED) is 0.462. The summed E-state index contributed by atoms with van der Waals surface area (Å²) in [6, 6.07) is 16.7. The van der Waals surface area contributed by atoms with Gasteiger partial charge in [-0.15, -0.1) is 0 Å². The van der Waals surface area contributed by atoms with E-state index in [9.17, 15) is 9.90 Å². The molecule has 0 saturated heterocycles. The van der Waals surface area contributed by atoms with E-state index >= 15 is 0 Å². The molecule has 0 bridgehead atoms. The average Bonchev–Trinajstić information content (AvgIpc) is 3.29. The molecule has 2 N–H and O–H groups in total. The van der Waals surface area contributed by atoms with Crippen LogP contribution in [0.2, 0.25) is 5.02 Å². The fourth-order valence-electron chi connectivity index (χ4n) is 4.02. The molecule has 1 fully saturated rings. The Hall–Kier alpha value is -2.76. The summed E-state index contributed by atoms with van der Waals surface area (Å²) in [5.41, 5.74) is 2.58. The number of rotatable bonds is 7. The van der Waals surface area contributed by atoms with Crippen LogP contribution in [-0.4, -0.2) is 17.6 Å². The fraction of sp³-hybridized carbons (Fsp3) is 0.320. The maximum Gasteiger partial charge on any atom is 0.262 e. The van der Waals surface area contributed by atoms with Crippen molar-refractivity contribution in [2.45, 2.75) is 44.6 Å². The summed E-state index contributed by atoms with van der Waals surface area (Å²) >= 11 is 6.27. The molecule has 1 aliphatic rings. The molecule has 31 heavy (non-hydrogen) atoms. The Kier molecular flexibility index (Phi) is 6.95. The van der Waals surface area contributed by atoms with Crippen LogP contribution in [0.15, 0.2) is 59.0 Å². The van der Waals surface area contributed by atoms with Crippen molar-refractivity contribution in [1.82, 2.24) is 0 Å². The van der Waals surface area contributed by atoms with Gasteiger partial charge in [-0.05, 0) is 66.8 Å². The van der Waals surface area contributed by atoms with E-state index in [0.29, 0.717) is 39.5 Å². The number of aliphatic hydroxyl groups is 1. The van der Waals surface area contributed by atoms with E-state index in [1.165, 1.54) is 37.7 Å². The first kappa shape index (κ1) is 21.5. The van der Waals surface area contributed by atoms with Crippen molar-refractivity contribution in [2.75, 3.05) is 11.9 Å². The predicted octanol–water partition coefficient (Wildman–Crippen LogP) is 6.16. The van der Waals surface area contributed by atoms with Crippen molar-refractivity contribution in [2.24, 2.45) is 0 Å². The smallest absolute Gasteiger partial charge is 0.262 e. The molecule has 4 rings (SSSR count). The zero-order chi connectivity index (χ0) is 21.6. The molecule has 2 aromatic carbocycles. The summed E-state index contributed by atoms with van der Waals surface area (Å²) < 4.78 is 11.2. The Morgan fingerprint density at radius 3 is 2.55 bits per heavy atom. The summed E-state index contributed by atoms with van der Waals surface area (Å²) in [6.45, 7) is -0.275. The van der Waals surface area contributed by atoms with Crippen LogP contribution in [-0.2, 0) is 11.4 Å². The normalized spacial score (nSPS) is 14.4. The number of nitrogens with one attached hydrogen (secondary N) is 1. The lowest BCUT2D eigenvalue weighted by molar-refractivity contribution is -0.118. The molecule has 1 aromatic heterocycles. The van der Waals surface area contributed by atoms with E-state index in [2.05, 4.69) is 17.4 Å². The molecule has 162 valence electrons. The molecule has 1 aliphatic carbocycles. The standard InChI is InChI=1S/C25H26ClNO4/c26-23-12-8-19(14-22(23)24-13-11-21(15-28)31-24)27-25(29)16-30-20-9-6-18(7-10-20)17-4-2-1-3-5-17/h6-14,17,28H,1-5,15-16H2,(H,27,29). The van der Waals surface area contributed by atoms with Gasteiger partial charge in [0.15, 0.2) is 6.61 Å². The van der Waals surface area contributed by atoms with Gasteiger partial charge >= 0.3 is 0 Å². The molecule has 0 unspecified atom stereocenters. The van der Waals surface area contributed by atoms with Crippen LogP contribution in [0.3, 0.4) is 0 Å². The van der Waals surface area contributed by atoms with Crippen molar-refractivity contribution < 1.29 is 19.1 Å². The summed E-state index contributed by atoms with van der Waals surface area (Å²) in [4.78, 5) is 12.4. The zero-order valence-electron chi connectivity index (χ0n) is 17.3. The summed E-state index contributed by atoms with van der Waals surface area (Å²) in [7, 11) is 0. The first-order valence-electron chi connectivity index (χ1n) is 10.6. The van der Waals surface area contributed by atoms with Crippen LogP contribution in [0, 0.1) is 0 Å². The van der Waals surface area contributed by atoms with E-state index in [1.807, 2.05) is 12.1 Å². The van der Waals surface area contributed by atoms with Crippen molar-refractivity contribution in [3.8, 4) is 17.1 Å². The van der Waals surface area contributed by atoms with Crippen molar-refractivity contribution in [3.63, 3.8) is 0 Å². The van der Waals surface area contributed by atoms with Crippen LogP contribution in [0.4, 0.5) is 5.69 Å². The van der Waals surface area contributed by atoms with E-state index in [4.69, 9.17) is 20.8 Å². The van der Waals surface area contributed by atoms with Gasteiger partial charge in [0, 0.05) is 11.3 Å². The van der Waals surface area contributed by atoms with Crippen molar-refractivity contribution in [1.29, 1.82) is 0 Å². The Morgan fingerprint density at radius 1 is 1.06 bits per heavy atom. The molecule has 0 spiro atoms. The average molecular weight is 440 g/mol. The molecule has 5 nitrogen and oxygen atoms in total. The molecule has 0 atom stereocenters. The number of ether oxygens (including phenoxy) is 1. The topological polar surface area (TPSA) is 71.7 Å². The number of anilines is 1. The third-order valence-electron chi connectivity index (χ3n) is 5.66. The van der Waals surface area contributed by atoms with Gasteiger partial charge < -0.3 is 19.6 Å². The van der Waals surface area contributed by atoms with Crippen molar-refractivity contribution >= 4 is 23.2 Å². The molecule has 1 amide bonds. The minimum atomic E-state index is -0.264. The third-order valence-corrected chi connectivity index (χ3v) is 5.99. The third kappa shape index (κ3) is 5.49. The summed E-state index contributed by atoms with van der Waals surface area (Å²) in [6.07, 6.45) is 6.46. The van der Waals surface area contributed by atoms with Crippen molar-refractivity contribution in [3.05, 3.63) is 70.9 Å². The van der Waals surface area contributed by atoms with Gasteiger partial charge in [0.2, 0.25) is 0 Å². The number of amides is 1. The SMILES string of the molecule is O=C(COc1ccc(C2CCCCC2)cc1)Nc1ccc(Cl)c(-c2ccc(CO)o2)c1. The largest absolute Gasteiger partial charge is 0.484 e. The molecular weight excluding hydrogens is 414 g/mol. The lowest BCUT2D eigenvalue weighted by atomic mass is 9.84. The number of hydrogen-bond acceptors (Lipinski definition) is 4. The number of benzene rings is 2. The Bertz CT molecular complexity index is 1020. The van der Waals surface area contributed by atoms with Gasteiger partial charge in [-0.2, -0.15) is 0 Å². The minimum Gasteiger partial charge on any atom is -0.484 e. The number of furan rings is 1. The van der Waals surface area contributed by atoms with Gasteiger partial charge in [-0.1, -0.05) is 43.0 Å². The second-order valence-corrected chi connectivity index (χ2v) is 8.27. The number of halogens is 1. The Labute approximate surface area is 187 Å². The second-order valence-electron chi connectivity index (χ2n) is 7.86. The van der Waals surface area contributed by atoms with Crippen LogP contribution >= 0.6 is 11.6 Å². The number of carbonyl (C=O) groups excluding carboxylic acids is 1. The van der Waals surface area contributed by atoms with Crippen LogP contribution in [0.5, 0.6) is 5.75 Å². The summed E-state index contributed by atoms with van der Waals surface area (Å²) in [5, 5.41) is 12.5. The molecule has 1 heterocycles. The Balaban J connectivity index is 1.34. The fourth-order valence-corrected chi connectivity index (χ4v) is 4.23. The maximum atomic E-state index is 12.4. The lowest BCUT2D eigenvalue weighted by Gasteiger charge is -2.22. The molecule has 3 aromatic rings. The second kappa shape index (κ2) is 10.0. The highest BCUT2D eigenvalue weighted by Gasteiger charge is 2.15. The summed E-state index contributed by atoms with van der Waals surface area (Å²) in [5.74, 6) is 2.04. The van der Waals surface area contributed by atoms with Gasteiger partial charge in [-0.3, -0.25) is 4.79 Å². The van der Waals surface area contributed by atoms with Crippen LogP contribution < -0.4 is 10.1 Å². The first-order valence-corrected chi connectivity index (χ1v) is 11.0. The molecule has 0 radical (unpaired) electrons. The molecule has 6 heteroatoms. The number of aliphatic hydroxyl groups excluding tert-OH is 1. The minimum absolute atomic E-state index is 0.0872. The monoisotopic (exact) mass is 439 g/mol. The van der Waals surface area contributed by atoms with Gasteiger partial charge in [0.05, 0.1) is 5.02 Å². The highest BCUT2D eigenvalue weighted by molar-refractivity contribution is 6.33. The Morgan fingerprint density at radius 2 is 1.84 bits per heavy atom. The van der Waals surface area contributed by atoms with Gasteiger partial charge in [0.1, 0.15) is 23.9 Å². The van der Waals surface area contributed by atoms with E-state index in [1.54, 1.807) is 30.3 Å². The van der Waals surface area contributed by atoms with Crippen LogP contribution in [0.25, 0.3) is 11.3 Å². The van der Waals surface area contributed by atoms with E-state index in [0.717, 1.165) is 0 Å². The predicted molar refractivity (Wildman–Crippen MR) is 121 cm³/mol. The lowest BCUT2D eigenvalue weighted by Crippen LogP contribution is -2.20. The number of hydrogen-bond donors (Lipinski definition) is 2. The molecule has 0 aliphatic heterocycles. The molecule has 1 saturated carbocycles. The van der Waals surface area contributed by atoms with E-state index < -0.39 is 0 Å².